The van der Waals surface area contributed by atoms with Crippen molar-refractivity contribution in [1.29, 1.82) is 0 Å². The fourth-order valence-corrected chi connectivity index (χ4v) is 3.81. The first kappa shape index (κ1) is 17.7. The van der Waals surface area contributed by atoms with E-state index in [1.54, 1.807) is 0 Å². The number of piperidine rings is 1. The molecule has 6 nitrogen and oxygen atoms in total. The van der Waals surface area contributed by atoms with Crippen LogP contribution in [0.25, 0.3) is 0 Å². The first-order valence-electron chi connectivity index (χ1n) is 7.92. The van der Waals surface area contributed by atoms with Crippen LogP contribution >= 0.6 is 0 Å². The number of sulfonamides is 1. The van der Waals surface area contributed by atoms with Crippen LogP contribution in [0.5, 0.6) is 0 Å². The summed E-state index contributed by atoms with van der Waals surface area (Å²) in [7, 11) is -3.21. The number of hydrogen-bond acceptors (Lipinski definition) is 3. The van der Waals surface area contributed by atoms with Crippen molar-refractivity contribution < 1.29 is 13.2 Å². The van der Waals surface area contributed by atoms with Crippen molar-refractivity contribution in [1.82, 2.24) is 9.62 Å². The molecular weight excluding hydrogens is 314 g/mol. The van der Waals surface area contributed by atoms with E-state index >= 15 is 0 Å². The number of nitrogens with zero attached hydrogens (tertiary/aromatic N) is 1. The normalized spacial score (nSPS) is 19.3. The van der Waals surface area contributed by atoms with E-state index in [4.69, 9.17) is 0 Å². The first-order chi connectivity index (χ1) is 10.8. The van der Waals surface area contributed by atoms with Gasteiger partial charge in [-0.2, -0.15) is 0 Å². The SMILES string of the molecule is CCc1cccc(C)c1NC(=O)N[C@H]1CCCN(S(C)(=O)=O)C1. The van der Waals surface area contributed by atoms with E-state index in [1.165, 1.54) is 10.6 Å². The summed E-state index contributed by atoms with van der Waals surface area (Å²) in [5.74, 6) is 0. The van der Waals surface area contributed by atoms with Gasteiger partial charge in [0.2, 0.25) is 10.0 Å². The van der Waals surface area contributed by atoms with Gasteiger partial charge in [-0.15, -0.1) is 0 Å². The number of amides is 2. The predicted octanol–water partition coefficient (Wildman–Crippen LogP) is 2.10. The summed E-state index contributed by atoms with van der Waals surface area (Å²) < 4.78 is 24.7. The number of aryl methyl sites for hydroxylation is 2. The average Bonchev–Trinajstić information content (AvgIpc) is 2.48. The summed E-state index contributed by atoms with van der Waals surface area (Å²) in [5, 5.41) is 5.80. The highest BCUT2D eigenvalue weighted by molar-refractivity contribution is 7.88. The molecule has 2 amide bonds. The highest BCUT2D eigenvalue weighted by Gasteiger charge is 2.26. The molecule has 128 valence electrons. The Balaban J connectivity index is 2.00. The molecule has 0 radical (unpaired) electrons. The third-order valence-corrected chi connectivity index (χ3v) is 5.44. The van der Waals surface area contributed by atoms with E-state index < -0.39 is 10.0 Å². The Morgan fingerprint density at radius 3 is 2.78 bits per heavy atom. The molecule has 1 fully saturated rings. The maximum atomic E-state index is 12.3. The van der Waals surface area contributed by atoms with Crippen LogP contribution in [0.1, 0.15) is 30.9 Å². The van der Waals surface area contributed by atoms with Gasteiger partial charge in [0.25, 0.3) is 0 Å². The summed E-state index contributed by atoms with van der Waals surface area (Å²) in [6.45, 7) is 4.86. The van der Waals surface area contributed by atoms with E-state index in [2.05, 4.69) is 10.6 Å². The molecule has 1 aliphatic heterocycles. The molecule has 0 spiro atoms. The number of urea groups is 1. The van der Waals surface area contributed by atoms with E-state index in [0.29, 0.717) is 13.1 Å². The number of nitrogens with one attached hydrogen (secondary N) is 2. The minimum atomic E-state index is -3.21. The minimum absolute atomic E-state index is 0.160. The molecule has 1 aromatic rings. The van der Waals surface area contributed by atoms with E-state index in [1.807, 2.05) is 32.0 Å². The molecule has 1 heterocycles. The van der Waals surface area contributed by atoms with Crippen molar-refractivity contribution >= 4 is 21.7 Å². The lowest BCUT2D eigenvalue weighted by Gasteiger charge is -2.31. The van der Waals surface area contributed by atoms with Crippen molar-refractivity contribution in [2.45, 2.75) is 39.2 Å². The third kappa shape index (κ3) is 4.68. The van der Waals surface area contributed by atoms with E-state index in [-0.39, 0.29) is 12.1 Å². The quantitative estimate of drug-likeness (QED) is 0.882. The molecule has 2 N–H and O–H groups in total. The Labute approximate surface area is 138 Å². The second-order valence-corrected chi connectivity index (χ2v) is 8.00. The molecule has 1 saturated heterocycles. The van der Waals surface area contributed by atoms with Crippen LogP contribution in [0.2, 0.25) is 0 Å². The molecule has 7 heteroatoms. The number of anilines is 1. The maximum absolute atomic E-state index is 12.3. The molecule has 0 saturated carbocycles. The molecular formula is C16H25N3O3S. The summed E-state index contributed by atoms with van der Waals surface area (Å²) in [5.41, 5.74) is 2.94. The number of benzene rings is 1. The number of carbonyl (C=O) groups is 1. The van der Waals surface area contributed by atoms with Crippen LogP contribution < -0.4 is 10.6 Å². The van der Waals surface area contributed by atoms with Crippen molar-refractivity contribution in [3.05, 3.63) is 29.3 Å². The van der Waals surface area contributed by atoms with Gasteiger partial charge in [0, 0.05) is 24.8 Å². The number of rotatable bonds is 4. The first-order valence-corrected chi connectivity index (χ1v) is 9.77. The van der Waals surface area contributed by atoms with Gasteiger partial charge >= 0.3 is 6.03 Å². The van der Waals surface area contributed by atoms with Crippen LogP contribution in [-0.4, -0.2) is 44.1 Å². The molecule has 23 heavy (non-hydrogen) atoms. The maximum Gasteiger partial charge on any atom is 0.319 e. The van der Waals surface area contributed by atoms with E-state index in [0.717, 1.165) is 36.1 Å². The Morgan fingerprint density at radius 2 is 2.13 bits per heavy atom. The van der Waals surface area contributed by atoms with Crippen molar-refractivity contribution in [2.24, 2.45) is 0 Å². The zero-order chi connectivity index (χ0) is 17.0. The Kier molecular flexibility index (Phi) is 5.64. The Bertz CT molecular complexity index is 673. The van der Waals surface area contributed by atoms with Gasteiger partial charge in [0.1, 0.15) is 0 Å². The fourth-order valence-electron chi connectivity index (χ4n) is 2.90. The standard InChI is InChI=1S/C16H25N3O3S/c1-4-13-8-5-7-12(2)15(13)18-16(20)17-14-9-6-10-19(11-14)23(3,21)22/h5,7-8,14H,4,6,9-11H2,1-3H3,(H2,17,18,20)/t14-/m0/s1. The summed E-state index contributed by atoms with van der Waals surface area (Å²) in [6.07, 6.45) is 3.58. The van der Waals surface area contributed by atoms with Gasteiger partial charge in [-0.3, -0.25) is 0 Å². The van der Waals surface area contributed by atoms with Gasteiger partial charge in [0.15, 0.2) is 0 Å². The summed E-state index contributed by atoms with van der Waals surface area (Å²) in [6, 6.07) is 5.49. The van der Waals surface area contributed by atoms with Gasteiger partial charge < -0.3 is 10.6 Å². The Morgan fingerprint density at radius 1 is 1.39 bits per heavy atom. The monoisotopic (exact) mass is 339 g/mol. The van der Waals surface area contributed by atoms with Crippen molar-refractivity contribution in [3.8, 4) is 0 Å². The fraction of sp³-hybridized carbons (Fsp3) is 0.562. The number of carbonyl (C=O) groups excluding carboxylic acids is 1. The van der Waals surface area contributed by atoms with Crippen LogP contribution in [0.4, 0.5) is 10.5 Å². The number of hydrogen-bond donors (Lipinski definition) is 2. The predicted molar refractivity (Wildman–Crippen MR) is 92.2 cm³/mol. The molecule has 1 atom stereocenters. The largest absolute Gasteiger partial charge is 0.334 e. The molecule has 1 aliphatic rings. The average molecular weight is 339 g/mol. The van der Waals surface area contributed by atoms with Crippen LogP contribution in [0.15, 0.2) is 18.2 Å². The summed E-state index contributed by atoms with van der Waals surface area (Å²) >= 11 is 0. The minimum Gasteiger partial charge on any atom is -0.334 e. The highest BCUT2D eigenvalue weighted by Crippen LogP contribution is 2.21. The van der Waals surface area contributed by atoms with Crippen LogP contribution in [0, 0.1) is 6.92 Å². The molecule has 1 aromatic carbocycles. The Hall–Kier alpha value is -1.60. The van der Waals surface area contributed by atoms with Crippen molar-refractivity contribution in [2.75, 3.05) is 24.7 Å². The second-order valence-electron chi connectivity index (χ2n) is 6.02. The lowest BCUT2D eigenvalue weighted by Crippen LogP contribution is -2.50. The van der Waals surface area contributed by atoms with Gasteiger partial charge in [-0.1, -0.05) is 25.1 Å². The van der Waals surface area contributed by atoms with E-state index in [9.17, 15) is 13.2 Å². The van der Waals surface area contributed by atoms with Gasteiger partial charge in [-0.05, 0) is 37.3 Å². The summed E-state index contributed by atoms with van der Waals surface area (Å²) in [4.78, 5) is 12.3. The smallest absolute Gasteiger partial charge is 0.319 e. The topological polar surface area (TPSA) is 78.5 Å². The van der Waals surface area contributed by atoms with Gasteiger partial charge in [-0.25, -0.2) is 17.5 Å². The van der Waals surface area contributed by atoms with Crippen LogP contribution in [-0.2, 0) is 16.4 Å². The second kappa shape index (κ2) is 7.31. The lowest BCUT2D eigenvalue weighted by atomic mass is 10.1. The molecule has 0 aromatic heterocycles. The lowest BCUT2D eigenvalue weighted by molar-refractivity contribution is 0.236. The molecule has 0 bridgehead atoms. The van der Waals surface area contributed by atoms with Gasteiger partial charge in [0.05, 0.1) is 6.26 Å². The number of para-hydroxylation sites is 1. The van der Waals surface area contributed by atoms with Crippen molar-refractivity contribution in [3.63, 3.8) is 0 Å². The highest BCUT2D eigenvalue weighted by atomic mass is 32.2. The molecule has 2 rings (SSSR count). The molecule has 0 aliphatic carbocycles. The van der Waals surface area contributed by atoms with Crippen LogP contribution in [0.3, 0.4) is 0 Å². The zero-order valence-corrected chi connectivity index (χ0v) is 14.7. The zero-order valence-electron chi connectivity index (χ0n) is 13.9. The third-order valence-electron chi connectivity index (χ3n) is 4.17. The molecule has 0 unspecified atom stereocenters.